The van der Waals surface area contributed by atoms with Crippen molar-refractivity contribution in [3.05, 3.63) is 42.4 Å². The first kappa shape index (κ1) is 13.1. The lowest BCUT2D eigenvalue weighted by molar-refractivity contribution is 0.598. The fourth-order valence-corrected chi connectivity index (χ4v) is 2.83. The molecule has 7 heteroatoms. The van der Waals surface area contributed by atoms with E-state index in [2.05, 4.69) is 25.6 Å². The molecule has 1 heterocycles. The summed E-state index contributed by atoms with van der Waals surface area (Å²) < 4.78 is 28.1. The third-order valence-electron chi connectivity index (χ3n) is 2.29. The molecule has 96 valence electrons. The summed E-state index contributed by atoms with van der Waals surface area (Å²) in [6.07, 6.45) is 2.90. The highest BCUT2D eigenvalue weighted by atomic mass is 79.9. The molecule has 0 spiro atoms. The fraction of sp³-hybridized carbons (Fsp3) is 0.182. The molecule has 1 aromatic carbocycles. The molecule has 5 nitrogen and oxygen atoms in total. The van der Waals surface area contributed by atoms with Crippen LogP contribution in [0.1, 0.15) is 5.56 Å². The van der Waals surface area contributed by atoms with Gasteiger partial charge in [0.2, 0.25) is 0 Å². The number of alkyl halides is 1. The molecule has 0 atom stereocenters. The molecule has 0 saturated carbocycles. The Bertz CT molecular complexity index is 652. The molecule has 0 aliphatic rings. The lowest BCUT2D eigenvalue weighted by Gasteiger charge is -2.06. The summed E-state index contributed by atoms with van der Waals surface area (Å²) in [4.78, 5) is 3.83. The normalized spacial score (nSPS) is 11.4. The number of nitrogens with zero attached hydrogens (tertiary/aromatic N) is 2. The van der Waals surface area contributed by atoms with E-state index in [1.807, 2.05) is 6.07 Å². The second kappa shape index (κ2) is 5.11. The van der Waals surface area contributed by atoms with E-state index in [-0.39, 0.29) is 5.03 Å². The van der Waals surface area contributed by atoms with Crippen molar-refractivity contribution in [2.24, 2.45) is 7.05 Å². The number of rotatable bonds is 4. The molecule has 0 fully saturated rings. The predicted molar refractivity (Wildman–Crippen MR) is 73.1 cm³/mol. The lowest BCUT2D eigenvalue weighted by atomic mass is 10.2. The Kier molecular flexibility index (Phi) is 3.72. The van der Waals surface area contributed by atoms with Crippen LogP contribution in [0.4, 0.5) is 5.69 Å². The van der Waals surface area contributed by atoms with Crippen LogP contribution in [0.25, 0.3) is 0 Å². The van der Waals surface area contributed by atoms with Crippen molar-refractivity contribution < 1.29 is 8.42 Å². The molecule has 1 aromatic heterocycles. The molecule has 18 heavy (non-hydrogen) atoms. The summed E-state index contributed by atoms with van der Waals surface area (Å²) in [5, 5.41) is 0.681. The van der Waals surface area contributed by atoms with Crippen LogP contribution >= 0.6 is 15.9 Å². The van der Waals surface area contributed by atoms with Gasteiger partial charge in [-0.2, -0.15) is 8.42 Å². The van der Waals surface area contributed by atoms with Gasteiger partial charge in [-0.05, 0) is 17.7 Å². The Balaban J connectivity index is 2.27. The molecule has 0 unspecified atom stereocenters. The van der Waals surface area contributed by atoms with Gasteiger partial charge >= 0.3 is 0 Å². The molecule has 0 amide bonds. The lowest BCUT2D eigenvalue weighted by Crippen LogP contribution is -2.13. The quantitative estimate of drug-likeness (QED) is 0.874. The monoisotopic (exact) mass is 329 g/mol. The Morgan fingerprint density at radius 2 is 2.22 bits per heavy atom. The van der Waals surface area contributed by atoms with Crippen LogP contribution in [-0.2, 0) is 22.4 Å². The van der Waals surface area contributed by atoms with Crippen LogP contribution in [0.3, 0.4) is 0 Å². The summed E-state index contributed by atoms with van der Waals surface area (Å²) in [5.74, 6) is 0. The summed E-state index contributed by atoms with van der Waals surface area (Å²) in [7, 11) is -1.90. The summed E-state index contributed by atoms with van der Waals surface area (Å²) >= 11 is 3.33. The van der Waals surface area contributed by atoms with Gasteiger partial charge in [-0.3, -0.25) is 4.72 Å². The summed E-state index contributed by atoms with van der Waals surface area (Å²) in [5.41, 5.74) is 1.52. The van der Waals surface area contributed by atoms with E-state index >= 15 is 0 Å². The highest BCUT2D eigenvalue weighted by Gasteiger charge is 2.16. The topological polar surface area (TPSA) is 64.0 Å². The zero-order valence-electron chi connectivity index (χ0n) is 9.67. The van der Waals surface area contributed by atoms with E-state index in [0.717, 1.165) is 5.56 Å². The number of benzene rings is 1. The van der Waals surface area contributed by atoms with Crippen molar-refractivity contribution >= 4 is 31.6 Å². The van der Waals surface area contributed by atoms with Crippen molar-refractivity contribution in [3.8, 4) is 0 Å². The minimum absolute atomic E-state index is 0.00856. The number of halogens is 1. The van der Waals surface area contributed by atoms with Gasteiger partial charge in [0, 0.05) is 24.3 Å². The highest BCUT2D eigenvalue weighted by molar-refractivity contribution is 9.08. The first-order chi connectivity index (χ1) is 8.51. The van der Waals surface area contributed by atoms with Crippen molar-refractivity contribution in [2.75, 3.05) is 4.72 Å². The maximum Gasteiger partial charge on any atom is 0.280 e. The van der Waals surface area contributed by atoms with Crippen LogP contribution in [-0.4, -0.2) is 18.0 Å². The minimum Gasteiger partial charge on any atom is -0.339 e. The fourth-order valence-electron chi connectivity index (χ4n) is 1.45. The van der Waals surface area contributed by atoms with E-state index in [9.17, 15) is 8.42 Å². The number of imidazole rings is 1. The minimum atomic E-state index is -3.61. The molecule has 0 saturated heterocycles. The van der Waals surface area contributed by atoms with E-state index in [1.165, 1.54) is 12.5 Å². The number of sulfonamides is 1. The van der Waals surface area contributed by atoms with E-state index < -0.39 is 10.0 Å². The maximum absolute atomic E-state index is 12.0. The maximum atomic E-state index is 12.0. The highest BCUT2D eigenvalue weighted by Crippen LogP contribution is 2.17. The van der Waals surface area contributed by atoms with Gasteiger partial charge in [0.25, 0.3) is 10.0 Å². The number of anilines is 1. The van der Waals surface area contributed by atoms with Gasteiger partial charge < -0.3 is 4.57 Å². The first-order valence-corrected chi connectivity index (χ1v) is 7.77. The zero-order chi connectivity index (χ0) is 13.2. The number of hydrogen-bond acceptors (Lipinski definition) is 3. The molecule has 2 aromatic rings. The molecular formula is C11H12BrN3O2S. The van der Waals surface area contributed by atoms with Crippen LogP contribution < -0.4 is 4.72 Å². The van der Waals surface area contributed by atoms with Crippen molar-refractivity contribution in [1.29, 1.82) is 0 Å². The molecule has 0 aliphatic carbocycles. The zero-order valence-corrected chi connectivity index (χ0v) is 12.1. The Hall–Kier alpha value is -1.34. The second-order valence-corrected chi connectivity index (χ2v) is 6.01. The van der Waals surface area contributed by atoms with E-state index in [0.29, 0.717) is 11.0 Å². The average molecular weight is 330 g/mol. The second-order valence-electron chi connectivity index (χ2n) is 3.82. The standard InChI is InChI=1S/C11H12BrN3O2S/c1-15-7-11(13-8-15)18(16,17)14-10-4-2-3-9(5-10)6-12/h2-5,7-8,14H,6H2,1H3. The number of hydrogen-bond donors (Lipinski definition) is 1. The molecule has 0 radical (unpaired) electrons. The first-order valence-electron chi connectivity index (χ1n) is 5.17. The largest absolute Gasteiger partial charge is 0.339 e. The smallest absolute Gasteiger partial charge is 0.280 e. The molecule has 0 aliphatic heterocycles. The number of aromatic nitrogens is 2. The average Bonchev–Trinajstić information content (AvgIpc) is 2.76. The van der Waals surface area contributed by atoms with Crippen LogP contribution in [0.15, 0.2) is 41.8 Å². The van der Waals surface area contributed by atoms with E-state index in [1.54, 1.807) is 29.8 Å². The van der Waals surface area contributed by atoms with E-state index in [4.69, 9.17) is 0 Å². The molecule has 0 bridgehead atoms. The SMILES string of the molecule is Cn1cnc(S(=O)(=O)Nc2cccc(CBr)c2)c1. The molecule has 1 N–H and O–H groups in total. The Morgan fingerprint density at radius 1 is 1.44 bits per heavy atom. The Morgan fingerprint density at radius 3 is 2.83 bits per heavy atom. The van der Waals surface area contributed by atoms with Crippen LogP contribution in [0.5, 0.6) is 0 Å². The van der Waals surface area contributed by atoms with Crippen molar-refractivity contribution in [1.82, 2.24) is 9.55 Å². The van der Waals surface area contributed by atoms with Gasteiger partial charge in [0.15, 0.2) is 5.03 Å². The third-order valence-corrected chi connectivity index (χ3v) is 4.20. The number of nitrogens with one attached hydrogen (secondary N) is 1. The van der Waals surface area contributed by atoms with Gasteiger partial charge in [-0.1, -0.05) is 28.1 Å². The van der Waals surface area contributed by atoms with Crippen LogP contribution in [0.2, 0.25) is 0 Å². The predicted octanol–water partition coefficient (Wildman–Crippen LogP) is 2.12. The van der Waals surface area contributed by atoms with Crippen LogP contribution in [0, 0.1) is 0 Å². The Labute approximate surface area is 114 Å². The van der Waals surface area contributed by atoms with Gasteiger partial charge in [0.05, 0.1) is 6.33 Å². The van der Waals surface area contributed by atoms with Gasteiger partial charge in [-0.25, -0.2) is 4.98 Å². The van der Waals surface area contributed by atoms with Crippen molar-refractivity contribution in [3.63, 3.8) is 0 Å². The summed E-state index contributed by atoms with van der Waals surface area (Å²) in [6, 6.07) is 7.18. The van der Waals surface area contributed by atoms with Crippen molar-refractivity contribution in [2.45, 2.75) is 10.4 Å². The van der Waals surface area contributed by atoms with Gasteiger partial charge in [-0.15, -0.1) is 0 Å². The summed E-state index contributed by atoms with van der Waals surface area (Å²) in [6.45, 7) is 0. The number of aryl methyl sites for hydroxylation is 1. The molecular weight excluding hydrogens is 318 g/mol. The van der Waals surface area contributed by atoms with Gasteiger partial charge in [0.1, 0.15) is 0 Å². The third kappa shape index (κ3) is 2.91. The molecule has 2 rings (SSSR count).